The number of carbonyl (C=O) groups excluding carboxylic acids is 1. The lowest BCUT2D eigenvalue weighted by molar-refractivity contribution is -0.136. The van der Waals surface area contributed by atoms with E-state index < -0.39 is 0 Å². The van der Waals surface area contributed by atoms with Crippen LogP contribution in [0.15, 0.2) is 12.2 Å². The molecule has 80 valence electrons. The third kappa shape index (κ3) is 18.4. The van der Waals surface area contributed by atoms with Crippen LogP contribution >= 0.6 is 12.4 Å². The Bertz CT molecular complexity index is 130. The van der Waals surface area contributed by atoms with Crippen LogP contribution < -0.4 is 0 Å². The summed E-state index contributed by atoms with van der Waals surface area (Å²) in [5, 5.41) is 0. The molecule has 0 radical (unpaired) electrons. The van der Waals surface area contributed by atoms with E-state index in [9.17, 15) is 4.79 Å². The van der Waals surface area contributed by atoms with Crippen LogP contribution in [-0.2, 0) is 9.53 Å². The fraction of sp³-hybridized carbons (Fsp3) is 0.667. The van der Waals surface area contributed by atoms with Gasteiger partial charge in [0.2, 0.25) is 0 Å². The van der Waals surface area contributed by atoms with E-state index in [2.05, 4.69) is 11.3 Å². The predicted molar refractivity (Wildman–Crippen MR) is 58.3 cm³/mol. The summed E-state index contributed by atoms with van der Waals surface area (Å²) in [4.78, 5) is 12.4. The van der Waals surface area contributed by atoms with Gasteiger partial charge in [0.25, 0.3) is 0 Å². The fourth-order valence-electron chi connectivity index (χ4n) is 0.289. The Morgan fingerprint density at radius 3 is 1.77 bits per heavy atom. The first kappa shape index (κ1) is 18.3. The predicted octanol–water partition coefficient (Wildman–Crippen LogP) is 1.73. The summed E-state index contributed by atoms with van der Waals surface area (Å²) in [6, 6.07) is 0. The number of nitrogens with zero attached hydrogens (tertiary/aromatic N) is 1. The molecule has 0 fully saturated rings. The van der Waals surface area contributed by atoms with Crippen molar-refractivity contribution in [2.75, 3.05) is 28.3 Å². The number of hydrogen-bond acceptors (Lipinski definition) is 3. The van der Waals surface area contributed by atoms with Crippen molar-refractivity contribution in [3.63, 3.8) is 0 Å². The number of rotatable bonds is 2. The molecule has 0 aliphatic carbocycles. The van der Waals surface area contributed by atoms with E-state index in [0.29, 0.717) is 12.0 Å². The lowest BCUT2D eigenvalue weighted by Crippen LogP contribution is -2.01. The molecule has 0 unspecified atom stereocenters. The fourth-order valence-corrected chi connectivity index (χ4v) is 0.289. The molecule has 0 spiro atoms. The molecule has 0 aromatic carbocycles. The maximum atomic E-state index is 10.4. The first-order valence-electron chi connectivity index (χ1n) is 3.82. The summed E-state index contributed by atoms with van der Waals surface area (Å²) in [6.07, 6.45) is 0.659. The molecule has 3 nitrogen and oxygen atoms in total. The van der Waals surface area contributed by atoms with Crippen LogP contribution in [0, 0.1) is 0 Å². The summed E-state index contributed by atoms with van der Waals surface area (Å²) in [5.74, 6) is -0.312. The highest BCUT2D eigenvalue weighted by Gasteiger charge is 2.00. The van der Waals surface area contributed by atoms with Crippen LogP contribution in [0.5, 0.6) is 0 Å². The van der Waals surface area contributed by atoms with E-state index in [1.165, 1.54) is 7.11 Å². The minimum Gasteiger partial charge on any atom is -0.466 e. The second-order valence-corrected chi connectivity index (χ2v) is 2.79. The standard InChI is InChI=1S/C6H10O2.C3H9N.ClH/c1-4-5(2)6(7)8-3;1-4(2)3;/h2,4H2,1,3H3;1-3H3;1H. The second kappa shape index (κ2) is 11.5. The van der Waals surface area contributed by atoms with Crippen molar-refractivity contribution in [3.8, 4) is 0 Å². The maximum Gasteiger partial charge on any atom is 0.333 e. The van der Waals surface area contributed by atoms with Crippen molar-refractivity contribution >= 4 is 18.4 Å². The van der Waals surface area contributed by atoms with Crippen molar-refractivity contribution in [1.82, 2.24) is 4.90 Å². The van der Waals surface area contributed by atoms with E-state index in [0.717, 1.165) is 0 Å². The van der Waals surface area contributed by atoms with Gasteiger partial charge in [0.05, 0.1) is 7.11 Å². The topological polar surface area (TPSA) is 29.5 Å². The molecule has 0 aromatic heterocycles. The van der Waals surface area contributed by atoms with Gasteiger partial charge in [-0.25, -0.2) is 4.79 Å². The van der Waals surface area contributed by atoms with Gasteiger partial charge < -0.3 is 9.64 Å². The molecule has 0 heterocycles. The minimum absolute atomic E-state index is 0. The Hall–Kier alpha value is -0.540. The molecule has 0 saturated heterocycles. The van der Waals surface area contributed by atoms with Crippen molar-refractivity contribution < 1.29 is 9.53 Å². The Labute approximate surface area is 87.2 Å². The van der Waals surface area contributed by atoms with Crippen LogP contribution in [0.1, 0.15) is 13.3 Å². The van der Waals surface area contributed by atoms with E-state index in [1.807, 2.05) is 33.0 Å². The van der Waals surface area contributed by atoms with E-state index >= 15 is 0 Å². The SMILES string of the molecule is C=C(CC)C(=O)OC.CN(C)C.Cl. The molecule has 0 saturated carbocycles. The van der Waals surface area contributed by atoms with Gasteiger partial charge in [-0.05, 0) is 27.6 Å². The van der Waals surface area contributed by atoms with Gasteiger partial charge in [0.1, 0.15) is 0 Å². The van der Waals surface area contributed by atoms with Gasteiger partial charge in [-0.2, -0.15) is 0 Å². The molecule has 4 heteroatoms. The van der Waals surface area contributed by atoms with Gasteiger partial charge in [0, 0.05) is 5.57 Å². The number of ether oxygens (including phenoxy) is 1. The zero-order valence-corrected chi connectivity index (χ0v) is 9.90. The third-order valence-electron chi connectivity index (χ3n) is 0.901. The van der Waals surface area contributed by atoms with E-state index in [1.54, 1.807) is 0 Å². The second-order valence-electron chi connectivity index (χ2n) is 2.79. The van der Waals surface area contributed by atoms with Gasteiger partial charge in [-0.3, -0.25) is 0 Å². The number of hydrogen-bond donors (Lipinski definition) is 0. The van der Waals surface area contributed by atoms with Crippen LogP contribution in [-0.4, -0.2) is 39.1 Å². The molecule has 0 rings (SSSR count). The molecule has 0 aromatic rings. The Morgan fingerprint density at radius 1 is 1.38 bits per heavy atom. The molecular formula is C9H20ClNO2. The molecular weight excluding hydrogens is 190 g/mol. The van der Waals surface area contributed by atoms with Gasteiger partial charge in [-0.1, -0.05) is 13.5 Å². The average Bonchev–Trinajstić information content (AvgIpc) is 2.00. The average molecular weight is 210 g/mol. The quantitative estimate of drug-likeness (QED) is 0.513. The van der Waals surface area contributed by atoms with Crippen LogP contribution in [0.4, 0.5) is 0 Å². The summed E-state index contributed by atoms with van der Waals surface area (Å²) < 4.78 is 4.36. The first-order valence-corrected chi connectivity index (χ1v) is 3.82. The number of esters is 1. The summed E-state index contributed by atoms with van der Waals surface area (Å²) in [6.45, 7) is 5.33. The lowest BCUT2D eigenvalue weighted by Gasteiger charge is -1.95. The Balaban J connectivity index is -0.000000173. The zero-order chi connectivity index (χ0) is 10.1. The molecule has 13 heavy (non-hydrogen) atoms. The molecule has 0 aliphatic rings. The van der Waals surface area contributed by atoms with Gasteiger partial charge in [0.15, 0.2) is 0 Å². The molecule has 0 N–H and O–H groups in total. The third-order valence-corrected chi connectivity index (χ3v) is 0.901. The first-order chi connectivity index (χ1) is 5.45. The van der Waals surface area contributed by atoms with Crippen molar-refractivity contribution in [2.45, 2.75) is 13.3 Å². The number of methoxy groups -OCH3 is 1. The number of carbonyl (C=O) groups is 1. The highest BCUT2D eigenvalue weighted by molar-refractivity contribution is 5.87. The van der Waals surface area contributed by atoms with E-state index in [-0.39, 0.29) is 18.4 Å². The Kier molecular flexibility index (Phi) is 16.1. The van der Waals surface area contributed by atoms with Crippen molar-refractivity contribution in [1.29, 1.82) is 0 Å². The summed E-state index contributed by atoms with van der Waals surface area (Å²) >= 11 is 0. The minimum atomic E-state index is -0.312. The largest absolute Gasteiger partial charge is 0.466 e. The molecule has 0 atom stereocenters. The lowest BCUT2D eigenvalue weighted by atomic mass is 10.2. The monoisotopic (exact) mass is 209 g/mol. The van der Waals surface area contributed by atoms with Gasteiger partial charge >= 0.3 is 5.97 Å². The zero-order valence-electron chi connectivity index (χ0n) is 9.09. The molecule has 0 bridgehead atoms. The van der Waals surface area contributed by atoms with E-state index in [4.69, 9.17) is 0 Å². The normalized spacial score (nSPS) is 7.85. The van der Waals surface area contributed by atoms with Crippen LogP contribution in [0.25, 0.3) is 0 Å². The van der Waals surface area contributed by atoms with Gasteiger partial charge in [-0.15, -0.1) is 12.4 Å². The summed E-state index contributed by atoms with van der Waals surface area (Å²) in [7, 11) is 7.35. The van der Waals surface area contributed by atoms with Crippen molar-refractivity contribution in [3.05, 3.63) is 12.2 Å². The maximum absolute atomic E-state index is 10.4. The highest BCUT2D eigenvalue weighted by Crippen LogP contribution is 1.96. The van der Waals surface area contributed by atoms with Crippen molar-refractivity contribution in [2.24, 2.45) is 0 Å². The molecule has 0 amide bonds. The number of halogens is 1. The Morgan fingerprint density at radius 2 is 1.69 bits per heavy atom. The smallest absolute Gasteiger partial charge is 0.333 e. The highest BCUT2D eigenvalue weighted by atomic mass is 35.5. The van der Waals surface area contributed by atoms with Crippen LogP contribution in [0.3, 0.4) is 0 Å². The summed E-state index contributed by atoms with van der Waals surface area (Å²) in [5.41, 5.74) is 0.521. The molecule has 0 aliphatic heterocycles. The van der Waals surface area contributed by atoms with Crippen LogP contribution in [0.2, 0.25) is 0 Å².